The van der Waals surface area contributed by atoms with Crippen molar-refractivity contribution < 1.29 is 4.79 Å². The van der Waals surface area contributed by atoms with E-state index in [0.29, 0.717) is 18.8 Å². The maximum Gasteiger partial charge on any atom is 0.273 e. The van der Waals surface area contributed by atoms with Gasteiger partial charge in [-0.25, -0.2) is 4.98 Å². The van der Waals surface area contributed by atoms with Gasteiger partial charge >= 0.3 is 0 Å². The summed E-state index contributed by atoms with van der Waals surface area (Å²) in [5.74, 6) is -0.0200. The lowest BCUT2D eigenvalue weighted by Crippen LogP contribution is -2.36. The number of nitrogens with two attached hydrogens (primary N) is 1. The number of amides is 1. The van der Waals surface area contributed by atoms with Gasteiger partial charge in [0.1, 0.15) is 5.69 Å². The monoisotopic (exact) mass is 339 g/mol. The van der Waals surface area contributed by atoms with E-state index in [1.807, 2.05) is 54.5 Å². The van der Waals surface area contributed by atoms with Crippen molar-refractivity contribution in [3.63, 3.8) is 0 Å². The van der Waals surface area contributed by atoms with Crippen molar-refractivity contribution in [3.8, 4) is 0 Å². The van der Waals surface area contributed by atoms with Gasteiger partial charge in [0.15, 0.2) is 0 Å². The van der Waals surface area contributed by atoms with Gasteiger partial charge in [0, 0.05) is 24.4 Å². The fraction of sp³-hybridized carbons (Fsp3) is 0.375. The van der Waals surface area contributed by atoms with Crippen LogP contribution in [0.3, 0.4) is 0 Å². The summed E-state index contributed by atoms with van der Waals surface area (Å²) in [6, 6.07) is 10.1. The molecule has 120 valence electrons. The van der Waals surface area contributed by atoms with Crippen molar-refractivity contribution in [2.24, 2.45) is 5.73 Å². The summed E-state index contributed by atoms with van der Waals surface area (Å²) >= 11 is 1.50. The molecule has 0 fully saturated rings. The Kier molecular flexibility index (Phi) is 7.51. The number of carbonyl (C=O) groups is 1. The summed E-state index contributed by atoms with van der Waals surface area (Å²) in [6.45, 7) is 5.20. The van der Waals surface area contributed by atoms with Gasteiger partial charge in [-0.15, -0.1) is 23.7 Å². The highest BCUT2D eigenvalue weighted by atomic mass is 35.5. The highest BCUT2D eigenvalue weighted by Crippen LogP contribution is 2.16. The van der Waals surface area contributed by atoms with Crippen LogP contribution in [0.15, 0.2) is 35.7 Å². The zero-order valence-electron chi connectivity index (χ0n) is 12.9. The van der Waals surface area contributed by atoms with Gasteiger partial charge in [-0.2, -0.15) is 0 Å². The molecular formula is C16H22ClN3OS. The molecule has 2 rings (SSSR count). The first-order valence-corrected chi connectivity index (χ1v) is 7.99. The third-order valence-corrected chi connectivity index (χ3v) is 4.12. The SMILES string of the molecule is CC(C)N(Cc1ccccc1)C(=O)c1csc(CCN)n1.Cl. The summed E-state index contributed by atoms with van der Waals surface area (Å²) in [5.41, 5.74) is 7.17. The summed E-state index contributed by atoms with van der Waals surface area (Å²) in [6.07, 6.45) is 0.721. The van der Waals surface area contributed by atoms with Crippen molar-refractivity contribution in [2.45, 2.75) is 32.9 Å². The third-order valence-electron chi connectivity index (χ3n) is 3.21. The molecule has 0 atom stereocenters. The second-order valence-electron chi connectivity index (χ2n) is 5.18. The average Bonchev–Trinajstić information content (AvgIpc) is 2.94. The van der Waals surface area contributed by atoms with Crippen LogP contribution in [-0.2, 0) is 13.0 Å². The number of rotatable bonds is 6. The van der Waals surface area contributed by atoms with E-state index < -0.39 is 0 Å². The molecule has 1 aromatic heterocycles. The van der Waals surface area contributed by atoms with Gasteiger partial charge < -0.3 is 10.6 Å². The molecule has 0 saturated heterocycles. The predicted molar refractivity (Wildman–Crippen MR) is 93.6 cm³/mol. The molecule has 2 aromatic rings. The second kappa shape index (κ2) is 8.88. The first-order chi connectivity index (χ1) is 10.1. The number of nitrogens with zero attached hydrogens (tertiary/aromatic N) is 2. The fourth-order valence-electron chi connectivity index (χ4n) is 2.06. The van der Waals surface area contributed by atoms with Crippen LogP contribution in [0.25, 0.3) is 0 Å². The molecule has 6 heteroatoms. The average molecular weight is 340 g/mol. The van der Waals surface area contributed by atoms with Crippen LogP contribution >= 0.6 is 23.7 Å². The molecule has 22 heavy (non-hydrogen) atoms. The van der Waals surface area contributed by atoms with Crippen LogP contribution in [0.5, 0.6) is 0 Å². The molecular weight excluding hydrogens is 318 g/mol. The molecule has 0 saturated carbocycles. The Morgan fingerprint density at radius 2 is 2.00 bits per heavy atom. The van der Waals surface area contributed by atoms with E-state index in [1.165, 1.54) is 11.3 Å². The molecule has 0 bridgehead atoms. The largest absolute Gasteiger partial charge is 0.331 e. The summed E-state index contributed by atoms with van der Waals surface area (Å²) in [4.78, 5) is 18.9. The van der Waals surface area contributed by atoms with E-state index in [4.69, 9.17) is 5.73 Å². The van der Waals surface area contributed by atoms with Gasteiger partial charge in [0.05, 0.1) is 5.01 Å². The Morgan fingerprint density at radius 1 is 1.32 bits per heavy atom. The van der Waals surface area contributed by atoms with E-state index in [2.05, 4.69) is 4.98 Å². The number of hydrogen-bond donors (Lipinski definition) is 1. The number of hydrogen-bond acceptors (Lipinski definition) is 4. The first-order valence-electron chi connectivity index (χ1n) is 7.11. The number of benzene rings is 1. The number of aromatic nitrogens is 1. The van der Waals surface area contributed by atoms with Crippen LogP contribution in [0.1, 0.15) is 34.9 Å². The first kappa shape index (κ1) is 18.6. The molecule has 2 N–H and O–H groups in total. The highest BCUT2D eigenvalue weighted by Gasteiger charge is 2.21. The van der Waals surface area contributed by atoms with Crippen LogP contribution in [0.4, 0.5) is 0 Å². The summed E-state index contributed by atoms with van der Waals surface area (Å²) in [5, 5.41) is 2.75. The molecule has 0 aliphatic carbocycles. The van der Waals surface area contributed by atoms with Crippen LogP contribution in [0.2, 0.25) is 0 Å². The van der Waals surface area contributed by atoms with Crippen molar-refractivity contribution in [2.75, 3.05) is 6.54 Å². The quantitative estimate of drug-likeness (QED) is 0.879. The van der Waals surface area contributed by atoms with E-state index in [0.717, 1.165) is 17.0 Å². The minimum absolute atomic E-state index is 0. The minimum Gasteiger partial charge on any atom is -0.331 e. The van der Waals surface area contributed by atoms with Gasteiger partial charge in [0.2, 0.25) is 0 Å². The van der Waals surface area contributed by atoms with E-state index in [1.54, 1.807) is 0 Å². The molecule has 4 nitrogen and oxygen atoms in total. The Bertz CT molecular complexity index is 586. The highest BCUT2D eigenvalue weighted by molar-refractivity contribution is 7.09. The minimum atomic E-state index is -0.0200. The lowest BCUT2D eigenvalue weighted by atomic mass is 10.2. The normalized spacial score (nSPS) is 10.4. The molecule has 0 aliphatic rings. The van der Waals surface area contributed by atoms with Crippen molar-refractivity contribution in [1.29, 1.82) is 0 Å². The van der Waals surface area contributed by atoms with E-state index in [-0.39, 0.29) is 24.4 Å². The molecule has 1 aromatic carbocycles. The Morgan fingerprint density at radius 3 is 2.59 bits per heavy atom. The summed E-state index contributed by atoms with van der Waals surface area (Å²) < 4.78 is 0. The third kappa shape index (κ3) is 4.80. The molecule has 0 unspecified atom stereocenters. The maximum atomic E-state index is 12.6. The van der Waals surface area contributed by atoms with E-state index >= 15 is 0 Å². The standard InChI is InChI=1S/C16H21N3OS.ClH/c1-12(2)19(10-13-6-4-3-5-7-13)16(20)14-11-21-15(18-14)8-9-17;/h3-7,11-12H,8-10,17H2,1-2H3;1H. The lowest BCUT2D eigenvalue weighted by Gasteiger charge is -2.26. The molecule has 1 heterocycles. The van der Waals surface area contributed by atoms with Gasteiger partial charge in [-0.05, 0) is 26.0 Å². The lowest BCUT2D eigenvalue weighted by molar-refractivity contribution is 0.0685. The fourth-order valence-corrected chi connectivity index (χ4v) is 2.85. The van der Waals surface area contributed by atoms with Crippen LogP contribution in [-0.4, -0.2) is 28.4 Å². The van der Waals surface area contributed by atoms with Crippen molar-refractivity contribution >= 4 is 29.7 Å². The van der Waals surface area contributed by atoms with E-state index in [9.17, 15) is 4.79 Å². The van der Waals surface area contributed by atoms with Crippen molar-refractivity contribution in [1.82, 2.24) is 9.88 Å². The zero-order chi connectivity index (χ0) is 15.2. The summed E-state index contributed by atoms with van der Waals surface area (Å²) in [7, 11) is 0. The molecule has 0 spiro atoms. The number of thiazole rings is 1. The Labute approximate surface area is 141 Å². The van der Waals surface area contributed by atoms with Crippen LogP contribution < -0.4 is 5.73 Å². The van der Waals surface area contributed by atoms with Crippen molar-refractivity contribution in [3.05, 3.63) is 52.0 Å². The zero-order valence-corrected chi connectivity index (χ0v) is 14.5. The predicted octanol–water partition coefficient (Wildman–Crippen LogP) is 3.12. The topological polar surface area (TPSA) is 59.2 Å². The number of carbonyl (C=O) groups excluding carboxylic acids is 1. The molecule has 0 radical (unpaired) electrons. The molecule has 0 aliphatic heterocycles. The maximum absolute atomic E-state index is 12.6. The smallest absolute Gasteiger partial charge is 0.273 e. The van der Waals surface area contributed by atoms with Gasteiger partial charge in [-0.1, -0.05) is 30.3 Å². The Hall–Kier alpha value is -1.43. The Balaban J connectivity index is 0.00000242. The number of halogens is 1. The molecule has 1 amide bonds. The van der Waals surface area contributed by atoms with Gasteiger partial charge in [0.25, 0.3) is 5.91 Å². The van der Waals surface area contributed by atoms with Gasteiger partial charge in [-0.3, -0.25) is 4.79 Å². The van der Waals surface area contributed by atoms with Crippen LogP contribution in [0, 0.1) is 0 Å². The second-order valence-corrected chi connectivity index (χ2v) is 6.12.